The van der Waals surface area contributed by atoms with Gasteiger partial charge in [0.25, 0.3) is 0 Å². The molecule has 0 aliphatic carbocycles. The van der Waals surface area contributed by atoms with Gasteiger partial charge < -0.3 is 4.74 Å². The van der Waals surface area contributed by atoms with E-state index in [0.29, 0.717) is 6.10 Å². The van der Waals surface area contributed by atoms with Gasteiger partial charge in [-0.15, -0.1) is 0 Å². The zero-order valence-electron chi connectivity index (χ0n) is 9.22. The maximum atomic E-state index is 5.22. The predicted octanol–water partition coefficient (Wildman–Crippen LogP) is 3.77. The Labute approximate surface area is 82.9 Å². The monoisotopic (exact) mass is 184 g/mol. The fourth-order valence-electron chi connectivity index (χ4n) is 1.87. The molecule has 1 rings (SSSR count). The molecule has 78 valence electrons. The van der Waals surface area contributed by atoms with Crippen LogP contribution in [0.4, 0.5) is 0 Å². The van der Waals surface area contributed by atoms with Crippen molar-refractivity contribution in [1.82, 2.24) is 0 Å². The normalized spacial score (nSPS) is 23.1. The minimum atomic E-state index is 0.630. The molecule has 1 aliphatic rings. The molecule has 1 nitrogen and oxygen atoms in total. The Bertz CT molecular complexity index is 118. The molecule has 2 unspecified atom stereocenters. The third-order valence-electron chi connectivity index (χ3n) is 2.87. The van der Waals surface area contributed by atoms with E-state index in [4.69, 9.17) is 4.74 Å². The Hall–Kier alpha value is -0.0400. The molecule has 0 aromatic carbocycles. The topological polar surface area (TPSA) is 12.5 Å². The van der Waals surface area contributed by atoms with E-state index < -0.39 is 0 Å². The molecule has 0 amide bonds. The zero-order chi connectivity index (χ0) is 9.52. The molecule has 0 spiro atoms. The van der Waals surface area contributed by atoms with Gasteiger partial charge in [0.1, 0.15) is 0 Å². The van der Waals surface area contributed by atoms with E-state index in [9.17, 15) is 0 Å². The Morgan fingerprint density at radius 2 is 1.92 bits per heavy atom. The maximum absolute atomic E-state index is 5.22. The van der Waals surface area contributed by atoms with E-state index in [2.05, 4.69) is 13.8 Å². The molecule has 1 fully saturated rings. The van der Waals surface area contributed by atoms with Gasteiger partial charge in [0.15, 0.2) is 0 Å². The van der Waals surface area contributed by atoms with Crippen LogP contribution in [-0.2, 0) is 4.74 Å². The van der Waals surface area contributed by atoms with E-state index in [1.165, 1.54) is 44.9 Å². The second-order valence-electron chi connectivity index (χ2n) is 4.50. The smallest absolute Gasteiger partial charge is 0.0812 e. The van der Waals surface area contributed by atoms with Crippen molar-refractivity contribution >= 4 is 0 Å². The van der Waals surface area contributed by atoms with E-state index in [-0.39, 0.29) is 0 Å². The second kappa shape index (κ2) is 6.42. The highest BCUT2D eigenvalue weighted by atomic mass is 16.6. The SMILES string of the molecule is CCCCCCCC(C)CC1CO1. The number of epoxide rings is 1. The summed E-state index contributed by atoms with van der Waals surface area (Å²) >= 11 is 0. The highest BCUT2D eigenvalue weighted by molar-refractivity contribution is 4.71. The Kier molecular flexibility index (Phi) is 5.45. The van der Waals surface area contributed by atoms with Crippen molar-refractivity contribution in [2.45, 2.75) is 64.9 Å². The van der Waals surface area contributed by atoms with Gasteiger partial charge in [0, 0.05) is 0 Å². The molecule has 0 aromatic heterocycles. The lowest BCUT2D eigenvalue weighted by atomic mass is 9.98. The second-order valence-corrected chi connectivity index (χ2v) is 4.50. The molecule has 0 aromatic rings. The molecule has 1 saturated heterocycles. The van der Waals surface area contributed by atoms with Crippen LogP contribution in [0.1, 0.15) is 58.8 Å². The van der Waals surface area contributed by atoms with Crippen molar-refractivity contribution < 1.29 is 4.74 Å². The Morgan fingerprint density at radius 3 is 2.54 bits per heavy atom. The van der Waals surface area contributed by atoms with Crippen LogP contribution in [0.25, 0.3) is 0 Å². The summed E-state index contributed by atoms with van der Waals surface area (Å²) in [5.74, 6) is 0.883. The first-order chi connectivity index (χ1) is 6.33. The molecular weight excluding hydrogens is 160 g/mol. The third-order valence-corrected chi connectivity index (χ3v) is 2.87. The molecule has 2 atom stereocenters. The summed E-state index contributed by atoms with van der Waals surface area (Å²) < 4.78 is 5.22. The minimum Gasteiger partial charge on any atom is -0.373 e. The van der Waals surface area contributed by atoms with E-state index >= 15 is 0 Å². The first kappa shape index (κ1) is 11.0. The molecule has 1 heteroatoms. The van der Waals surface area contributed by atoms with Gasteiger partial charge in [-0.25, -0.2) is 0 Å². The quantitative estimate of drug-likeness (QED) is 0.413. The van der Waals surface area contributed by atoms with Crippen LogP contribution in [0.3, 0.4) is 0 Å². The average molecular weight is 184 g/mol. The summed E-state index contributed by atoms with van der Waals surface area (Å²) in [5.41, 5.74) is 0. The van der Waals surface area contributed by atoms with Crippen LogP contribution in [-0.4, -0.2) is 12.7 Å². The summed E-state index contributed by atoms with van der Waals surface area (Å²) in [6.07, 6.45) is 10.4. The van der Waals surface area contributed by atoms with Crippen molar-refractivity contribution in [3.05, 3.63) is 0 Å². The lowest BCUT2D eigenvalue weighted by molar-refractivity contribution is 0.348. The standard InChI is InChI=1S/C12H24O/c1-3-4-5-6-7-8-11(2)9-12-10-13-12/h11-12H,3-10H2,1-2H3. The molecule has 0 bridgehead atoms. The van der Waals surface area contributed by atoms with Crippen molar-refractivity contribution in [2.24, 2.45) is 5.92 Å². The van der Waals surface area contributed by atoms with Gasteiger partial charge >= 0.3 is 0 Å². The lowest BCUT2D eigenvalue weighted by Crippen LogP contribution is -1.99. The number of unbranched alkanes of at least 4 members (excludes halogenated alkanes) is 4. The predicted molar refractivity (Wildman–Crippen MR) is 56.9 cm³/mol. The van der Waals surface area contributed by atoms with Gasteiger partial charge in [0.2, 0.25) is 0 Å². The van der Waals surface area contributed by atoms with Crippen LogP contribution in [0.15, 0.2) is 0 Å². The fraction of sp³-hybridized carbons (Fsp3) is 1.00. The van der Waals surface area contributed by atoms with Crippen LogP contribution < -0.4 is 0 Å². The van der Waals surface area contributed by atoms with Crippen molar-refractivity contribution in [1.29, 1.82) is 0 Å². The van der Waals surface area contributed by atoms with Gasteiger partial charge in [0.05, 0.1) is 12.7 Å². The van der Waals surface area contributed by atoms with Crippen molar-refractivity contribution in [3.63, 3.8) is 0 Å². The third kappa shape index (κ3) is 6.09. The fourth-order valence-corrected chi connectivity index (χ4v) is 1.87. The number of rotatable bonds is 8. The molecule has 1 heterocycles. The summed E-state index contributed by atoms with van der Waals surface area (Å²) in [7, 11) is 0. The Balaban J connectivity index is 1.80. The maximum Gasteiger partial charge on any atom is 0.0812 e. The summed E-state index contributed by atoms with van der Waals surface area (Å²) in [6.45, 7) is 5.66. The molecule has 1 aliphatic heterocycles. The first-order valence-electron chi connectivity index (χ1n) is 5.94. The van der Waals surface area contributed by atoms with Crippen molar-refractivity contribution in [2.75, 3.05) is 6.61 Å². The summed E-state index contributed by atoms with van der Waals surface area (Å²) in [5, 5.41) is 0. The van der Waals surface area contributed by atoms with Gasteiger partial charge in [-0.3, -0.25) is 0 Å². The Morgan fingerprint density at radius 1 is 1.23 bits per heavy atom. The first-order valence-corrected chi connectivity index (χ1v) is 5.94. The van der Waals surface area contributed by atoms with E-state index in [1.54, 1.807) is 0 Å². The highest BCUT2D eigenvalue weighted by Gasteiger charge is 2.24. The number of ether oxygens (including phenoxy) is 1. The van der Waals surface area contributed by atoms with Gasteiger partial charge in [-0.2, -0.15) is 0 Å². The van der Waals surface area contributed by atoms with Crippen LogP contribution in [0.5, 0.6) is 0 Å². The highest BCUT2D eigenvalue weighted by Crippen LogP contribution is 2.23. The number of hydrogen-bond donors (Lipinski definition) is 0. The summed E-state index contributed by atoms with van der Waals surface area (Å²) in [6, 6.07) is 0. The van der Waals surface area contributed by atoms with E-state index in [1.807, 2.05) is 0 Å². The van der Waals surface area contributed by atoms with Crippen LogP contribution in [0, 0.1) is 5.92 Å². The molecule has 0 N–H and O–H groups in total. The zero-order valence-corrected chi connectivity index (χ0v) is 9.22. The van der Waals surface area contributed by atoms with Gasteiger partial charge in [-0.05, 0) is 12.3 Å². The number of hydrogen-bond acceptors (Lipinski definition) is 1. The van der Waals surface area contributed by atoms with Crippen LogP contribution in [0.2, 0.25) is 0 Å². The molecule has 0 radical (unpaired) electrons. The lowest BCUT2D eigenvalue weighted by Gasteiger charge is -2.08. The minimum absolute atomic E-state index is 0.630. The van der Waals surface area contributed by atoms with Crippen molar-refractivity contribution in [3.8, 4) is 0 Å². The molecule has 13 heavy (non-hydrogen) atoms. The van der Waals surface area contributed by atoms with Gasteiger partial charge in [-0.1, -0.05) is 52.4 Å². The summed E-state index contributed by atoms with van der Waals surface area (Å²) in [4.78, 5) is 0. The molecular formula is C12H24O. The van der Waals surface area contributed by atoms with E-state index in [0.717, 1.165) is 12.5 Å². The largest absolute Gasteiger partial charge is 0.373 e. The van der Waals surface area contributed by atoms with Crippen LogP contribution >= 0.6 is 0 Å². The molecule has 0 saturated carbocycles. The average Bonchev–Trinajstić information content (AvgIpc) is 2.88.